The average molecular weight is 312 g/mol. The molecule has 0 fully saturated rings. The van der Waals surface area contributed by atoms with Gasteiger partial charge in [0.05, 0.1) is 11.6 Å². The summed E-state index contributed by atoms with van der Waals surface area (Å²) < 4.78 is 4.04. The zero-order valence-corrected chi connectivity index (χ0v) is 13.4. The van der Waals surface area contributed by atoms with Crippen LogP contribution in [0.5, 0.6) is 0 Å². The summed E-state index contributed by atoms with van der Waals surface area (Å²) >= 11 is 0. The summed E-state index contributed by atoms with van der Waals surface area (Å²) in [6, 6.07) is 0. The second kappa shape index (κ2) is 5.60. The van der Waals surface area contributed by atoms with Crippen LogP contribution in [-0.4, -0.2) is 41.1 Å². The van der Waals surface area contributed by atoms with Crippen molar-refractivity contribution in [3.63, 3.8) is 0 Å². The lowest BCUT2D eigenvalue weighted by molar-refractivity contribution is 0.374. The number of nitrogens with zero attached hydrogens (tertiary/aromatic N) is 7. The molecular weight excluding hydrogens is 292 g/mol. The first-order chi connectivity index (χ1) is 11.3. The van der Waals surface area contributed by atoms with Crippen LogP contribution in [0.1, 0.15) is 25.0 Å². The molecule has 120 valence electrons. The molecule has 3 aromatic rings. The van der Waals surface area contributed by atoms with Crippen LogP contribution in [0.25, 0.3) is 11.0 Å². The molecule has 0 amide bonds. The van der Waals surface area contributed by atoms with E-state index in [-0.39, 0.29) is 0 Å². The van der Waals surface area contributed by atoms with Gasteiger partial charge in [0.25, 0.3) is 0 Å². The fourth-order valence-electron chi connectivity index (χ4n) is 3.22. The van der Waals surface area contributed by atoms with Crippen LogP contribution in [0.2, 0.25) is 0 Å². The van der Waals surface area contributed by atoms with Gasteiger partial charge < -0.3 is 9.88 Å². The summed E-state index contributed by atoms with van der Waals surface area (Å²) in [7, 11) is 1.89. The first kappa shape index (κ1) is 14.1. The second-order valence-corrected chi connectivity index (χ2v) is 6.01. The summed E-state index contributed by atoms with van der Waals surface area (Å²) in [6.45, 7) is 3.97. The van der Waals surface area contributed by atoms with Gasteiger partial charge in [-0.3, -0.25) is 4.68 Å². The molecule has 4 rings (SSSR count). The molecule has 1 aliphatic heterocycles. The quantitative estimate of drug-likeness (QED) is 0.779. The van der Waals surface area contributed by atoms with Crippen molar-refractivity contribution < 1.29 is 0 Å². The SMILES string of the molecule is CCc1nnc2n1C[C@H](CNc1ncnc3c1cnn3C)CC2. The predicted molar refractivity (Wildman–Crippen MR) is 86.0 cm³/mol. The van der Waals surface area contributed by atoms with Crippen molar-refractivity contribution in [2.45, 2.75) is 32.7 Å². The van der Waals surface area contributed by atoms with Gasteiger partial charge in [0.15, 0.2) is 5.65 Å². The van der Waals surface area contributed by atoms with E-state index in [1.54, 1.807) is 11.0 Å². The molecule has 4 heterocycles. The van der Waals surface area contributed by atoms with Crippen LogP contribution < -0.4 is 5.32 Å². The van der Waals surface area contributed by atoms with Crippen molar-refractivity contribution in [1.82, 2.24) is 34.5 Å². The zero-order chi connectivity index (χ0) is 15.8. The highest BCUT2D eigenvalue weighted by molar-refractivity contribution is 5.85. The standard InChI is InChI=1S/C15H20N8/c1-3-12-20-21-13-5-4-10(8-23(12)13)6-16-14-11-7-19-22(2)15(11)18-9-17-14/h7,9-10H,3-6,8H2,1-2H3,(H,16,17,18)/t10-/m0/s1. The minimum atomic E-state index is 0.547. The minimum absolute atomic E-state index is 0.547. The topological polar surface area (TPSA) is 86.3 Å². The molecule has 0 aliphatic carbocycles. The van der Waals surface area contributed by atoms with E-state index in [1.807, 2.05) is 13.2 Å². The molecule has 0 aromatic carbocycles. The van der Waals surface area contributed by atoms with E-state index >= 15 is 0 Å². The molecular formula is C15H20N8. The van der Waals surface area contributed by atoms with Crippen LogP contribution in [-0.2, 0) is 26.4 Å². The molecule has 8 nitrogen and oxygen atoms in total. The number of hydrogen-bond donors (Lipinski definition) is 1. The van der Waals surface area contributed by atoms with Gasteiger partial charge in [0.1, 0.15) is 23.8 Å². The maximum atomic E-state index is 4.37. The molecule has 0 saturated heterocycles. The van der Waals surface area contributed by atoms with Crippen molar-refractivity contribution in [3.8, 4) is 0 Å². The van der Waals surface area contributed by atoms with Crippen LogP contribution in [0.3, 0.4) is 0 Å². The Kier molecular flexibility index (Phi) is 3.44. The van der Waals surface area contributed by atoms with Crippen molar-refractivity contribution in [3.05, 3.63) is 24.2 Å². The van der Waals surface area contributed by atoms with Gasteiger partial charge in [-0.2, -0.15) is 5.10 Å². The third kappa shape index (κ3) is 2.43. The lowest BCUT2D eigenvalue weighted by Crippen LogP contribution is -2.27. The highest BCUT2D eigenvalue weighted by Gasteiger charge is 2.22. The van der Waals surface area contributed by atoms with Crippen molar-refractivity contribution >= 4 is 16.9 Å². The lowest BCUT2D eigenvalue weighted by Gasteiger charge is -2.24. The Morgan fingerprint density at radius 3 is 3.09 bits per heavy atom. The fraction of sp³-hybridized carbons (Fsp3) is 0.533. The summed E-state index contributed by atoms with van der Waals surface area (Å²) in [5, 5.41) is 17.2. The van der Waals surface area contributed by atoms with Gasteiger partial charge in [-0.1, -0.05) is 6.92 Å². The van der Waals surface area contributed by atoms with E-state index < -0.39 is 0 Å². The molecule has 1 aliphatic rings. The Balaban J connectivity index is 1.49. The summed E-state index contributed by atoms with van der Waals surface area (Å²) in [5.74, 6) is 3.61. The Hall–Kier alpha value is -2.51. The molecule has 0 spiro atoms. The molecule has 3 aromatic heterocycles. The molecule has 23 heavy (non-hydrogen) atoms. The first-order valence-corrected chi connectivity index (χ1v) is 8.03. The molecule has 0 unspecified atom stereocenters. The molecule has 0 radical (unpaired) electrons. The lowest BCUT2D eigenvalue weighted by atomic mass is 9.99. The van der Waals surface area contributed by atoms with Crippen molar-refractivity contribution in [2.24, 2.45) is 13.0 Å². The molecule has 0 saturated carbocycles. The Labute approximate surface area is 134 Å². The van der Waals surface area contributed by atoms with Gasteiger partial charge in [0, 0.05) is 33.0 Å². The highest BCUT2D eigenvalue weighted by atomic mass is 15.3. The number of anilines is 1. The average Bonchev–Trinajstić information content (AvgIpc) is 3.16. The maximum Gasteiger partial charge on any atom is 0.163 e. The fourth-order valence-corrected chi connectivity index (χ4v) is 3.22. The van der Waals surface area contributed by atoms with Gasteiger partial charge in [-0.25, -0.2) is 9.97 Å². The Bertz CT molecular complexity index is 820. The van der Waals surface area contributed by atoms with E-state index in [2.05, 4.69) is 42.1 Å². The largest absolute Gasteiger partial charge is 0.369 e. The molecule has 0 bridgehead atoms. The summed E-state index contributed by atoms with van der Waals surface area (Å²) in [6.07, 6.45) is 6.43. The number of hydrogen-bond acceptors (Lipinski definition) is 6. The predicted octanol–water partition coefficient (Wildman–Crippen LogP) is 1.19. The third-order valence-electron chi connectivity index (χ3n) is 4.52. The van der Waals surface area contributed by atoms with Gasteiger partial charge in [-0.15, -0.1) is 10.2 Å². The van der Waals surface area contributed by atoms with Gasteiger partial charge in [-0.05, 0) is 12.3 Å². The number of aryl methyl sites for hydroxylation is 3. The van der Waals surface area contributed by atoms with Crippen molar-refractivity contribution in [2.75, 3.05) is 11.9 Å². The molecule has 8 heteroatoms. The smallest absolute Gasteiger partial charge is 0.163 e. The first-order valence-electron chi connectivity index (χ1n) is 8.03. The highest BCUT2D eigenvalue weighted by Crippen LogP contribution is 2.22. The van der Waals surface area contributed by atoms with Crippen LogP contribution in [0.15, 0.2) is 12.5 Å². The van der Waals surface area contributed by atoms with E-state index in [9.17, 15) is 0 Å². The van der Waals surface area contributed by atoms with Gasteiger partial charge in [0.2, 0.25) is 0 Å². The van der Waals surface area contributed by atoms with Gasteiger partial charge >= 0.3 is 0 Å². The van der Waals surface area contributed by atoms with Crippen molar-refractivity contribution in [1.29, 1.82) is 0 Å². The summed E-state index contributed by atoms with van der Waals surface area (Å²) in [4.78, 5) is 8.64. The Morgan fingerprint density at radius 2 is 2.22 bits per heavy atom. The number of fused-ring (bicyclic) bond motifs is 2. The number of aromatic nitrogens is 7. The van der Waals surface area contributed by atoms with Crippen LogP contribution in [0.4, 0.5) is 5.82 Å². The minimum Gasteiger partial charge on any atom is -0.369 e. The van der Waals surface area contributed by atoms with Crippen LogP contribution >= 0.6 is 0 Å². The van der Waals surface area contributed by atoms with E-state index in [4.69, 9.17) is 0 Å². The normalized spacial score (nSPS) is 17.4. The molecule has 1 N–H and O–H groups in total. The number of rotatable bonds is 4. The number of nitrogens with one attached hydrogen (secondary N) is 1. The third-order valence-corrected chi connectivity index (χ3v) is 4.52. The van der Waals surface area contributed by atoms with E-state index in [0.717, 1.165) is 60.9 Å². The molecule has 1 atom stereocenters. The van der Waals surface area contributed by atoms with Crippen LogP contribution in [0, 0.1) is 5.92 Å². The maximum absolute atomic E-state index is 4.37. The van der Waals surface area contributed by atoms with E-state index in [1.165, 1.54) is 0 Å². The monoisotopic (exact) mass is 312 g/mol. The Morgan fingerprint density at radius 1 is 1.30 bits per heavy atom. The zero-order valence-electron chi connectivity index (χ0n) is 13.4. The second-order valence-electron chi connectivity index (χ2n) is 6.01. The van der Waals surface area contributed by atoms with E-state index in [0.29, 0.717) is 5.92 Å². The summed E-state index contributed by atoms with van der Waals surface area (Å²) in [5.41, 5.74) is 0.848.